The van der Waals surface area contributed by atoms with Crippen molar-refractivity contribution < 1.29 is 9.59 Å². The number of hydrogen-bond acceptors (Lipinski definition) is 2. The Labute approximate surface area is 143 Å². The first-order valence-electron chi connectivity index (χ1n) is 8.47. The molecule has 24 heavy (non-hydrogen) atoms. The van der Waals surface area contributed by atoms with Gasteiger partial charge in [-0.25, -0.2) is 0 Å². The molecule has 1 aliphatic rings. The van der Waals surface area contributed by atoms with Gasteiger partial charge in [-0.2, -0.15) is 0 Å². The molecule has 2 aromatic carbocycles. The van der Waals surface area contributed by atoms with E-state index >= 15 is 0 Å². The van der Waals surface area contributed by atoms with Crippen molar-refractivity contribution in [2.75, 3.05) is 6.54 Å². The van der Waals surface area contributed by atoms with E-state index < -0.39 is 5.41 Å². The van der Waals surface area contributed by atoms with Gasteiger partial charge in [0.1, 0.15) is 0 Å². The van der Waals surface area contributed by atoms with Crippen molar-refractivity contribution in [1.82, 2.24) is 4.90 Å². The maximum absolute atomic E-state index is 12.9. The molecule has 0 unspecified atom stereocenters. The van der Waals surface area contributed by atoms with Gasteiger partial charge in [0.05, 0.1) is 5.41 Å². The zero-order valence-corrected chi connectivity index (χ0v) is 14.3. The maximum Gasteiger partial charge on any atom is 0.240 e. The smallest absolute Gasteiger partial charge is 0.240 e. The van der Waals surface area contributed by atoms with E-state index in [2.05, 4.69) is 19.1 Å². The molecule has 0 saturated carbocycles. The lowest BCUT2D eigenvalue weighted by atomic mass is 9.81. The number of rotatable bonds is 5. The van der Waals surface area contributed by atoms with Crippen LogP contribution in [-0.4, -0.2) is 23.3 Å². The quantitative estimate of drug-likeness (QED) is 0.788. The Morgan fingerprint density at radius 2 is 1.67 bits per heavy atom. The van der Waals surface area contributed by atoms with Crippen molar-refractivity contribution in [1.29, 1.82) is 0 Å². The van der Waals surface area contributed by atoms with Gasteiger partial charge in [0.15, 0.2) is 0 Å². The molecule has 3 rings (SSSR count). The molecule has 0 radical (unpaired) electrons. The van der Waals surface area contributed by atoms with Crippen LogP contribution >= 0.6 is 0 Å². The summed E-state index contributed by atoms with van der Waals surface area (Å²) in [6.45, 7) is 4.46. The zero-order valence-electron chi connectivity index (χ0n) is 14.3. The largest absolute Gasteiger partial charge is 0.282 e. The predicted octanol–water partition coefficient (Wildman–Crippen LogP) is 3.64. The van der Waals surface area contributed by atoms with Crippen LogP contribution in [0.5, 0.6) is 0 Å². The van der Waals surface area contributed by atoms with Crippen LogP contribution in [0.15, 0.2) is 54.6 Å². The number of likely N-dealkylation sites (tertiary alicyclic amines) is 1. The monoisotopic (exact) mass is 321 g/mol. The topological polar surface area (TPSA) is 37.4 Å². The number of nitrogens with zero attached hydrogens (tertiary/aromatic N) is 1. The predicted molar refractivity (Wildman–Crippen MR) is 94.6 cm³/mol. The van der Waals surface area contributed by atoms with Crippen LogP contribution in [0.25, 0.3) is 0 Å². The van der Waals surface area contributed by atoms with Gasteiger partial charge in [0.25, 0.3) is 0 Å². The number of benzene rings is 2. The van der Waals surface area contributed by atoms with Crippen LogP contribution in [0, 0.1) is 6.92 Å². The van der Waals surface area contributed by atoms with Gasteiger partial charge in [0, 0.05) is 13.0 Å². The zero-order chi connectivity index (χ0) is 17.2. The summed E-state index contributed by atoms with van der Waals surface area (Å²) in [5.74, 6) is -0.125. The highest BCUT2D eigenvalue weighted by molar-refractivity contribution is 6.08. The van der Waals surface area contributed by atoms with Gasteiger partial charge in [-0.15, -0.1) is 0 Å². The van der Waals surface area contributed by atoms with Gasteiger partial charge >= 0.3 is 0 Å². The summed E-state index contributed by atoms with van der Waals surface area (Å²) >= 11 is 0. The maximum atomic E-state index is 12.9. The molecule has 1 aliphatic heterocycles. The average Bonchev–Trinajstić information content (AvgIpc) is 2.81. The Kier molecular flexibility index (Phi) is 4.52. The third kappa shape index (κ3) is 2.99. The van der Waals surface area contributed by atoms with Gasteiger partial charge in [0.2, 0.25) is 11.8 Å². The molecule has 0 aliphatic carbocycles. The minimum Gasteiger partial charge on any atom is -0.282 e. The van der Waals surface area contributed by atoms with E-state index in [1.807, 2.05) is 49.4 Å². The van der Waals surface area contributed by atoms with Crippen molar-refractivity contribution in [2.24, 2.45) is 0 Å². The van der Waals surface area contributed by atoms with Crippen LogP contribution in [0.2, 0.25) is 0 Å². The summed E-state index contributed by atoms with van der Waals surface area (Å²) in [7, 11) is 0. The molecule has 3 heteroatoms. The fourth-order valence-electron chi connectivity index (χ4n) is 3.46. The second kappa shape index (κ2) is 6.60. The van der Waals surface area contributed by atoms with E-state index in [0.29, 0.717) is 6.54 Å². The van der Waals surface area contributed by atoms with E-state index in [0.717, 1.165) is 18.4 Å². The third-order valence-electron chi connectivity index (χ3n) is 5.02. The minimum atomic E-state index is -0.721. The number of aryl methyl sites for hydroxylation is 2. The van der Waals surface area contributed by atoms with Crippen molar-refractivity contribution in [3.8, 4) is 0 Å². The molecule has 124 valence electrons. The summed E-state index contributed by atoms with van der Waals surface area (Å²) in [5.41, 5.74) is 2.74. The van der Waals surface area contributed by atoms with Crippen molar-refractivity contribution in [2.45, 2.75) is 38.5 Å². The van der Waals surface area contributed by atoms with Crippen LogP contribution in [-0.2, 0) is 21.4 Å². The number of carbonyl (C=O) groups excluding carboxylic acids is 2. The molecule has 1 atom stereocenters. The van der Waals surface area contributed by atoms with Crippen LogP contribution in [0.3, 0.4) is 0 Å². The Morgan fingerprint density at radius 3 is 2.38 bits per heavy atom. The van der Waals surface area contributed by atoms with Crippen molar-refractivity contribution in [3.05, 3.63) is 71.3 Å². The van der Waals surface area contributed by atoms with Crippen LogP contribution in [0.1, 0.15) is 36.5 Å². The van der Waals surface area contributed by atoms with E-state index in [1.54, 1.807) is 0 Å². The van der Waals surface area contributed by atoms with E-state index in [9.17, 15) is 9.59 Å². The van der Waals surface area contributed by atoms with E-state index in [-0.39, 0.29) is 18.2 Å². The van der Waals surface area contributed by atoms with Gasteiger partial charge in [-0.1, -0.05) is 54.6 Å². The van der Waals surface area contributed by atoms with Gasteiger partial charge in [-0.3, -0.25) is 14.5 Å². The van der Waals surface area contributed by atoms with Gasteiger partial charge in [-0.05, 0) is 43.4 Å². The summed E-state index contributed by atoms with van der Waals surface area (Å²) in [4.78, 5) is 26.7. The van der Waals surface area contributed by atoms with Crippen molar-refractivity contribution in [3.63, 3.8) is 0 Å². The second-order valence-corrected chi connectivity index (χ2v) is 6.76. The molecular weight excluding hydrogens is 298 g/mol. The molecule has 1 saturated heterocycles. The molecule has 0 aromatic heterocycles. The standard InChI is InChI=1S/C21H23NO2/c1-16-9-6-7-10-17(16)11-8-14-22-19(23)15-21(2,20(22)24)18-12-4-3-5-13-18/h3-7,9-10,12-13H,8,11,14-15H2,1-2H3/t21-/m0/s1. The SMILES string of the molecule is Cc1ccccc1CCCN1C(=O)C[C@@](C)(c2ccccc2)C1=O. The molecule has 0 bridgehead atoms. The van der Waals surface area contributed by atoms with Crippen LogP contribution in [0.4, 0.5) is 0 Å². The second-order valence-electron chi connectivity index (χ2n) is 6.76. The third-order valence-corrected chi connectivity index (χ3v) is 5.02. The fourth-order valence-corrected chi connectivity index (χ4v) is 3.46. The highest BCUT2D eigenvalue weighted by Crippen LogP contribution is 2.36. The molecule has 2 aromatic rings. The minimum absolute atomic E-state index is 0.0591. The summed E-state index contributed by atoms with van der Waals surface area (Å²) in [6.07, 6.45) is 1.94. The molecule has 0 spiro atoms. The molecule has 0 N–H and O–H groups in total. The number of amides is 2. The van der Waals surface area contributed by atoms with E-state index in [4.69, 9.17) is 0 Å². The normalized spacial score (nSPS) is 20.7. The first-order chi connectivity index (χ1) is 11.5. The summed E-state index contributed by atoms with van der Waals surface area (Å²) in [5, 5.41) is 0. The van der Waals surface area contributed by atoms with Crippen LogP contribution < -0.4 is 0 Å². The number of carbonyl (C=O) groups is 2. The summed E-state index contributed by atoms with van der Waals surface area (Å²) in [6, 6.07) is 17.9. The summed E-state index contributed by atoms with van der Waals surface area (Å²) < 4.78 is 0. The lowest BCUT2D eigenvalue weighted by Crippen LogP contribution is -2.37. The fraction of sp³-hybridized carbons (Fsp3) is 0.333. The molecule has 1 fully saturated rings. The van der Waals surface area contributed by atoms with Gasteiger partial charge < -0.3 is 0 Å². The first-order valence-corrected chi connectivity index (χ1v) is 8.47. The lowest BCUT2D eigenvalue weighted by Gasteiger charge is -2.22. The van der Waals surface area contributed by atoms with E-state index in [1.165, 1.54) is 16.0 Å². The highest BCUT2D eigenvalue weighted by Gasteiger charge is 2.48. The molecule has 1 heterocycles. The lowest BCUT2D eigenvalue weighted by molar-refractivity contribution is -0.139. The molecular formula is C21H23NO2. The molecule has 2 amide bonds. The van der Waals surface area contributed by atoms with Crippen molar-refractivity contribution >= 4 is 11.8 Å². The number of hydrogen-bond donors (Lipinski definition) is 0. The number of imide groups is 1. The Hall–Kier alpha value is -2.42. The Bertz CT molecular complexity index is 753. The highest BCUT2D eigenvalue weighted by atomic mass is 16.2. The Balaban J connectivity index is 1.68. The molecule has 3 nitrogen and oxygen atoms in total. The Morgan fingerprint density at radius 1 is 1.00 bits per heavy atom. The average molecular weight is 321 g/mol. The first kappa shape index (κ1) is 16.4.